The number of nitrogens with one attached hydrogen (secondary N) is 1. The van der Waals surface area contributed by atoms with Crippen LogP contribution in [0.25, 0.3) is 0 Å². The fraction of sp³-hybridized carbons (Fsp3) is 0.316. The van der Waals surface area contributed by atoms with Gasteiger partial charge in [-0.25, -0.2) is 0 Å². The van der Waals surface area contributed by atoms with Crippen molar-refractivity contribution in [2.75, 3.05) is 19.0 Å². The summed E-state index contributed by atoms with van der Waals surface area (Å²) in [5.41, 5.74) is 1.68. The molecule has 2 aromatic carbocycles. The molecule has 1 amide bonds. The lowest BCUT2D eigenvalue weighted by molar-refractivity contribution is -0.115. The Morgan fingerprint density at radius 2 is 1.83 bits per heavy atom. The van der Waals surface area contributed by atoms with Crippen LogP contribution in [0.5, 0.6) is 11.5 Å². The predicted octanol–water partition coefficient (Wildman–Crippen LogP) is 3.91. The Balaban J connectivity index is 1.92. The van der Waals surface area contributed by atoms with E-state index in [1.807, 2.05) is 48.5 Å². The van der Waals surface area contributed by atoms with Crippen molar-refractivity contribution in [3.63, 3.8) is 0 Å². The highest BCUT2D eigenvalue weighted by Gasteiger charge is 2.06. The predicted molar refractivity (Wildman–Crippen MR) is 92.1 cm³/mol. The summed E-state index contributed by atoms with van der Waals surface area (Å²) in [6.45, 7) is 4.85. The van der Waals surface area contributed by atoms with Gasteiger partial charge in [-0.2, -0.15) is 0 Å². The largest absolute Gasteiger partial charge is 0.497 e. The molecular formula is C19H23NO3. The first-order valence-electron chi connectivity index (χ1n) is 7.72. The van der Waals surface area contributed by atoms with E-state index in [0.29, 0.717) is 18.9 Å². The molecule has 4 heteroatoms. The van der Waals surface area contributed by atoms with Crippen LogP contribution in [0, 0.1) is 5.92 Å². The summed E-state index contributed by atoms with van der Waals surface area (Å²) in [6, 6.07) is 14.9. The van der Waals surface area contributed by atoms with Gasteiger partial charge in [0.2, 0.25) is 5.91 Å². The summed E-state index contributed by atoms with van der Waals surface area (Å²) in [5.74, 6) is 1.95. The van der Waals surface area contributed by atoms with Crippen LogP contribution >= 0.6 is 0 Å². The molecule has 0 aliphatic carbocycles. The number of rotatable bonds is 7. The smallest absolute Gasteiger partial charge is 0.228 e. The molecule has 0 aliphatic heterocycles. The minimum absolute atomic E-state index is 0.0591. The fourth-order valence-electron chi connectivity index (χ4n) is 2.06. The third kappa shape index (κ3) is 5.66. The van der Waals surface area contributed by atoms with Crippen molar-refractivity contribution >= 4 is 11.6 Å². The van der Waals surface area contributed by atoms with Crippen molar-refractivity contribution in [1.29, 1.82) is 0 Å². The van der Waals surface area contributed by atoms with Gasteiger partial charge in [-0.05, 0) is 35.7 Å². The molecule has 0 spiro atoms. The average molecular weight is 313 g/mol. The lowest BCUT2D eigenvalue weighted by Crippen LogP contribution is -2.14. The van der Waals surface area contributed by atoms with Gasteiger partial charge in [0.1, 0.15) is 11.5 Å². The first-order chi connectivity index (χ1) is 11.1. The quantitative estimate of drug-likeness (QED) is 0.843. The van der Waals surface area contributed by atoms with Crippen molar-refractivity contribution in [3.8, 4) is 11.5 Å². The molecule has 122 valence electrons. The second-order valence-corrected chi connectivity index (χ2v) is 5.81. The van der Waals surface area contributed by atoms with Crippen molar-refractivity contribution in [2.45, 2.75) is 20.3 Å². The summed E-state index contributed by atoms with van der Waals surface area (Å²) in [4.78, 5) is 12.1. The number of methoxy groups -OCH3 is 1. The first kappa shape index (κ1) is 16.9. The zero-order chi connectivity index (χ0) is 16.7. The summed E-state index contributed by atoms with van der Waals surface area (Å²) >= 11 is 0. The van der Waals surface area contributed by atoms with E-state index in [1.165, 1.54) is 0 Å². The third-order valence-electron chi connectivity index (χ3n) is 3.22. The molecule has 0 saturated carbocycles. The maximum Gasteiger partial charge on any atom is 0.228 e. The van der Waals surface area contributed by atoms with Crippen LogP contribution in [0.3, 0.4) is 0 Å². The highest BCUT2D eigenvalue weighted by molar-refractivity contribution is 5.92. The van der Waals surface area contributed by atoms with E-state index < -0.39 is 0 Å². The van der Waals surface area contributed by atoms with Crippen LogP contribution in [-0.2, 0) is 11.2 Å². The zero-order valence-electron chi connectivity index (χ0n) is 13.8. The van der Waals surface area contributed by atoms with Gasteiger partial charge in [0.25, 0.3) is 0 Å². The number of hydrogen-bond acceptors (Lipinski definition) is 3. The second kappa shape index (κ2) is 8.22. The molecule has 0 aromatic heterocycles. The number of anilines is 1. The lowest BCUT2D eigenvalue weighted by Gasteiger charge is -2.11. The van der Waals surface area contributed by atoms with Gasteiger partial charge < -0.3 is 14.8 Å². The number of ether oxygens (including phenoxy) is 2. The van der Waals surface area contributed by atoms with Crippen molar-refractivity contribution < 1.29 is 14.3 Å². The molecule has 2 rings (SSSR count). The van der Waals surface area contributed by atoms with Crippen molar-refractivity contribution in [1.82, 2.24) is 0 Å². The fourth-order valence-corrected chi connectivity index (χ4v) is 2.06. The standard InChI is InChI=1S/C19H23NO3/c1-14(2)13-23-18-6-4-5-16(12-18)20-19(21)11-15-7-9-17(22-3)10-8-15/h4-10,12,14H,11,13H2,1-3H3,(H,20,21). The van der Waals surface area contributed by atoms with Gasteiger partial charge >= 0.3 is 0 Å². The van der Waals surface area contributed by atoms with E-state index in [0.717, 1.165) is 22.7 Å². The first-order valence-corrected chi connectivity index (χ1v) is 7.72. The summed E-state index contributed by atoms with van der Waals surface area (Å²) in [5, 5.41) is 2.90. The molecule has 1 N–H and O–H groups in total. The molecule has 0 heterocycles. The van der Waals surface area contributed by atoms with Gasteiger partial charge in [0.05, 0.1) is 20.1 Å². The number of benzene rings is 2. The molecule has 0 saturated heterocycles. The Morgan fingerprint density at radius 3 is 2.48 bits per heavy atom. The number of amides is 1. The van der Waals surface area contributed by atoms with Crippen LogP contribution in [0.2, 0.25) is 0 Å². The molecule has 0 aliphatic rings. The molecule has 0 fully saturated rings. The summed E-state index contributed by atoms with van der Waals surface area (Å²) < 4.78 is 10.8. The van der Waals surface area contributed by atoms with Crippen LogP contribution in [0.1, 0.15) is 19.4 Å². The Labute approximate surface area is 137 Å². The third-order valence-corrected chi connectivity index (χ3v) is 3.22. The van der Waals surface area contributed by atoms with Gasteiger partial charge in [-0.3, -0.25) is 4.79 Å². The Hall–Kier alpha value is -2.49. The van der Waals surface area contributed by atoms with E-state index in [9.17, 15) is 4.79 Å². The molecule has 0 unspecified atom stereocenters. The minimum Gasteiger partial charge on any atom is -0.497 e. The van der Waals surface area contributed by atoms with Crippen LogP contribution in [0.15, 0.2) is 48.5 Å². The van der Waals surface area contributed by atoms with Crippen LogP contribution < -0.4 is 14.8 Å². The average Bonchev–Trinajstić information content (AvgIpc) is 2.54. The Bertz CT molecular complexity index is 635. The maximum atomic E-state index is 12.1. The normalized spacial score (nSPS) is 10.4. The van der Waals surface area contributed by atoms with Crippen LogP contribution in [0.4, 0.5) is 5.69 Å². The van der Waals surface area contributed by atoms with E-state index in [1.54, 1.807) is 7.11 Å². The summed E-state index contributed by atoms with van der Waals surface area (Å²) in [6.07, 6.45) is 0.321. The Morgan fingerprint density at radius 1 is 1.09 bits per heavy atom. The SMILES string of the molecule is COc1ccc(CC(=O)Nc2cccc(OCC(C)C)c2)cc1. The zero-order valence-corrected chi connectivity index (χ0v) is 13.8. The molecule has 0 bridgehead atoms. The van der Waals surface area contributed by atoms with E-state index in [2.05, 4.69) is 19.2 Å². The van der Waals surface area contributed by atoms with Crippen LogP contribution in [-0.4, -0.2) is 19.6 Å². The van der Waals surface area contributed by atoms with E-state index in [4.69, 9.17) is 9.47 Å². The minimum atomic E-state index is -0.0591. The highest BCUT2D eigenvalue weighted by atomic mass is 16.5. The molecular weight excluding hydrogens is 290 g/mol. The molecule has 4 nitrogen and oxygen atoms in total. The van der Waals surface area contributed by atoms with Gasteiger partial charge in [-0.1, -0.05) is 32.0 Å². The Kier molecular flexibility index (Phi) is 6.03. The molecule has 23 heavy (non-hydrogen) atoms. The topological polar surface area (TPSA) is 47.6 Å². The second-order valence-electron chi connectivity index (χ2n) is 5.81. The molecule has 0 atom stereocenters. The van der Waals surface area contributed by atoms with Gasteiger partial charge in [-0.15, -0.1) is 0 Å². The van der Waals surface area contributed by atoms with Gasteiger partial charge in [0, 0.05) is 11.8 Å². The van der Waals surface area contributed by atoms with Gasteiger partial charge in [0.15, 0.2) is 0 Å². The summed E-state index contributed by atoms with van der Waals surface area (Å²) in [7, 11) is 1.62. The van der Waals surface area contributed by atoms with Crippen molar-refractivity contribution in [2.24, 2.45) is 5.92 Å². The molecule has 0 radical (unpaired) electrons. The number of carbonyl (C=O) groups is 1. The van der Waals surface area contributed by atoms with E-state index in [-0.39, 0.29) is 5.91 Å². The van der Waals surface area contributed by atoms with Crippen molar-refractivity contribution in [3.05, 3.63) is 54.1 Å². The number of hydrogen-bond donors (Lipinski definition) is 1. The lowest BCUT2D eigenvalue weighted by atomic mass is 10.1. The highest BCUT2D eigenvalue weighted by Crippen LogP contribution is 2.18. The molecule has 2 aromatic rings. The van der Waals surface area contributed by atoms with E-state index >= 15 is 0 Å². The maximum absolute atomic E-state index is 12.1. The number of carbonyl (C=O) groups excluding carboxylic acids is 1. The monoisotopic (exact) mass is 313 g/mol.